The molecule has 0 spiro atoms. The van der Waals surface area contributed by atoms with E-state index in [1.807, 2.05) is 6.92 Å². The highest BCUT2D eigenvalue weighted by Gasteiger charge is 2.25. The largest absolute Gasteiger partial charge is 0.476 e. The maximum atomic E-state index is 11.1. The molecule has 2 rings (SSSR count). The topological polar surface area (TPSA) is 59.4 Å². The first kappa shape index (κ1) is 11.5. The Hall–Kier alpha value is -0.940. The summed E-state index contributed by atoms with van der Waals surface area (Å²) >= 11 is 1.55. The summed E-state index contributed by atoms with van der Waals surface area (Å²) < 4.78 is 5.29. The van der Waals surface area contributed by atoms with Crippen LogP contribution in [0.5, 0.6) is 0 Å². The first-order valence-corrected chi connectivity index (χ1v) is 6.34. The zero-order chi connectivity index (χ0) is 11.5. The second-order valence-corrected chi connectivity index (χ2v) is 4.98. The summed E-state index contributed by atoms with van der Waals surface area (Å²) in [6, 6.07) is 0. The molecule has 88 valence electrons. The smallest absolute Gasteiger partial charge is 0.355 e. The SMILES string of the molecule is CCc1nc(C(=O)O)c(C2CCOCC2)s1. The number of aromatic nitrogens is 1. The third-order valence-corrected chi connectivity index (χ3v) is 4.16. The predicted molar refractivity (Wildman–Crippen MR) is 61.2 cm³/mol. The van der Waals surface area contributed by atoms with Crippen molar-refractivity contribution in [2.45, 2.75) is 32.1 Å². The van der Waals surface area contributed by atoms with Crippen molar-refractivity contribution in [3.63, 3.8) is 0 Å². The van der Waals surface area contributed by atoms with E-state index in [0.29, 0.717) is 5.92 Å². The molecule has 1 aliphatic rings. The Morgan fingerprint density at radius 1 is 1.56 bits per heavy atom. The number of rotatable bonds is 3. The Morgan fingerprint density at radius 3 is 2.81 bits per heavy atom. The lowest BCUT2D eigenvalue weighted by atomic mass is 9.97. The van der Waals surface area contributed by atoms with Gasteiger partial charge >= 0.3 is 5.97 Å². The van der Waals surface area contributed by atoms with Crippen LogP contribution in [0.2, 0.25) is 0 Å². The van der Waals surface area contributed by atoms with Crippen LogP contribution in [0.1, 0.15) is 46.1 Å². The molecule has 2 heterocycles. The fraction of sp³-hybridized carbons (Fsp3) is 0.636. The summed E-state index contributed by atoms with van der Waals surface area (Å²) in [4.78, 5) is 16.2. The Labute approximate surface area is 98.3 Å². The number of ether oxygens (including phenoxy) is 1. The monoisotopic (exact) mass is 241 g/mol. The molecular formula is C11H15NO3S. The van der Waals surface area contributed by atoms with Gasteiger partial charge in [-0.3, -0.25) is 0 Å². The number of thiazole rings is 1. The van der Waals surface area contributed by atoms with Crippen molar-refractivity contribution in [1.82, 2.24) is 4.98 Å². The first-order chi connectivity index (χ1) is 7.72. The second-order valence-electron chi connectivity index (χ2n) is 3.87. The van der Waals surface area contributed by atoms with Crippen molar-refractivity contribution in [3.05, 3.63) is 15.6 Å². The molecule has 0 atom stereocenters. The van der Waals surface area contributed by atoms with Crippen molar-refractivity contribution in [2.75, 3.05) is 13.2 Å². The van der Waals surface area contributed by atoms with Crippen LogP contribution in [-0.4, -0.2) is 29.3 Å². The van der Waals surface area contributed by atoms with Crippen LogP contribution in [0.25, 0.3) is 0 Å². The lowest BCUT2D eigenvalue weighted by Gasteiger charge is -2.20. The average Bonchev–Trinajstić information content (AvgIpc) is 2.74. The molecule has 0 aliphatic carbocycles. The zero-order valence-corrected chi connectivity index (χ0v) is 10.0. The number of hydrogen-bond acceptors (Lipinski definition) is 4. The number of hydrogen-bond donors (Lipinski definition) is 1. The van der Waals surface area contributed by atoms with Gasteiger partial charge < -0.3 is 9.84 Å². The third-order valence-electron chi connectivity index (χ3n) is 2.79. The maximum Gasteiger partial charge on any atom is 0.355 e. The highest BCUT2D eigenvalue weighted by atomic mass is 32.1. The molecule has 0 saturated carbocycles. The summed E-state index contributed by atoms with van der Waals surface area (Å²) in [7, 11) is 0. The number of aryl methyl sites for hydroxylation is 1. The second kappa shape index (κ2) is 4.93. The van der Waals surface area contributed by atoms with E-state index < -0.39 is 5.97 Å². The quantitative estimate of drug-likeness (QED) is 0.882. The standard InChI is InChI=1S/C11H15NO3S/c1-2-8-12-9(11(13)14)10(16-8)7-3-5-15-6-4-7/h7H,2-6H2,1H3,(H,13,14). The summed E-state index contributed by atoms with van der Waals surface area (Å²) in [5.41, 5.74) is 0.258. The van der Waals surface area contributed by atoms with E-state index in [4.69, 9.17) is 9.84 Å². The van der Waals surface area contributed by atoms with E-state index in [-0.39, 0.29) is 5.69 Å². The molecule has 5 heteroatoms. The summed E-state index contributed by atoms with van der Waals surface area (Å²) in [6.07, 6.45) is 2.62. The summed E-state index contributed by atoms with van der Waals surface area (Å²) in [5, 5.41) is 10.0. The molecule has 1 aromatic heterocycles. The minimum Gasteiger partial charge on any atom is -0.476 e. The van der Waals surface area contributed by atoms with Crippen LogP contribution in [-0.2, 0) is 11.2 Å². The fourth-order valence-corrected chi connectivity index (χ4v) is 3.09. The normalized spacial score (nSPS) is 17.6. The van der Waals surface area contributed by atoms with Gasteiger partial charge in [0.15, 0.2) is 5.69 Å². The molecular weight excluding hydrogens is 226 g/mol. The van der Waals surface area contributed by atoms with Crippen LogP contribution >= 0.6 is 11.3 Å². The molecule has 1 aromatic rings. The van der Waals surface area contributed by atoms with Gasteiger partial charge in [-0.1, -0.05) is 6.92 Å². The minimum atomic E-state index is -0.905. The highest BCUT2D eigenvalue weighted by Crippen LogP contribution is 2.34. The average molecular weight is 241 g/mol. The van der Waals surface area contributed by atoms with Gasteiger partial charge in [0.2, 0.25) is 0 Å². The van der Waals surface area contributed by atoms with E-state index in [1.54, 1.807) is 11.3 Å². The number of nitrogens with zero attached hydrogens (tertiary/aromatic N) is 1. The molecule has 0 radical (unpaired) electrons. The highest BCUT2D eigenvalue weighted by molar-refractivity contribution is 7.12. The molecule has 0 unspecified atom stereocenters. The third kappa shape index (κ3) is 2.25. The van der Waals surface area contributed by atoms with E-state index in [9.17, 15) is 4.79 Å². The molecule has 1 saturated heterocycles. The van der Waals surface area contributed by atoms with Crippen molar-refractivity contribution in [3.8, 4) is 0 Å². The van der Waals surface area contributed by atoms with E-state index in [0.717, 1.165) is 42.4 Å². The van der Waals surface area contributed by atoms with Gasteiger partial charge in [-0.15, -0.1) is 11.3 Å². The van der Waals surface area contributed by atoms with Gasteiger partial charge in [0.25, 0.3) is 0 Å². The lowest BCUT2D eigenvalue weighted by Crippen LogP contribution is -2.15. The zero-order valence-electron chi connectivity index (χ0n) is 9.23. The van der Waals surface area contributed by atoms with Gasteiger partial charge in [-0.05, 0) is 19.3 Å². The molecule has 1 aliphatic heterocycles. The molecule has 0 amide bonds. The molecule has 0 bridgehead atoms. The van der Waals surface area contributed by atoms with Gasteiger partial charge in [0.1, 0.15) is 0 Å². The molecule has 1 fully saturated rings. The van der Waals surface area contributed by atoms with Crippen molar-refractivity contribution in [1.29, 1.82) is 0 Å². The van der Waals surface area contributed by atoms with Crippen molar-refractivity contribution >= 4 is 17.3 Å². The molecule has 0 aromatic carbocycles. The Morgan fingerprint density at radius 2 is 2.25 bits per heavy atom. The summed E-state index contributed by atoms with van der Waals surface area (Å²) in [5.74, 6) is -0.588. The summed E-state index contributed by atoms with van der Waals surface area (Å²) in [6.45, 7) is 3.45. The Bertz CT molecular complexity index is 383. The molecule has 16 heavy (non-hydrogen) atoms. The number of carbonyl (C=O) groups is 1. The van der Waals surface area contributed by atoms with Gasteiger partial charge in [-0.2, -0.15) is 0 Å². The van der Waals surface area contributed by atoms with E-state index >= 15 is 0 Å². The van der Waals surface area contributed by atoms with Crippen molar-refractivity contribution < 1.29 is 14.6 Å². The van der Waals surface area contributed by atoms with Gasteiger partial charge in [0.05, 0.1) is 5.01 Å². The Kier molecular flexibility index (Phi) is 3.56. The number of carboxylic acids is 1. The van der Waals surface area contributed by atoms with Crippen LogP contribution in [0.3, 0.4) is 0 Å². The maximum absolute atomic E-state index is 11.1. The molecule has 4 nitrogen and oxygen atoms in total. The van der Waals surface area contributed by atoms with Crippen molar-refractivity contribution in [2.24, 2.45) is 0 Å². The van der Waals surface area contributed by atoms with E-state index in [2.05, 4.69) is 4.98 Å². The van der Waals surface area contributed by atoms with Gasteiger partial charge in [-0.25, -0.2) is 9.78 Å². The van der Waals surface area contributed by atoms with Crippen LogP contribution in [0.4, 0.5) is 0 Å². The van der Waals surface area contributed by atoms with E-state index in [1.165, 1.54) is 0 Å². The molecule has 1 N–H and O–H groups in total. The minimum absolute atomic E-state index is 0.258. The number of aromatic carboxylic acids is 1. The predicted octanol–water partition coefficient (Wildman–Crippen LogP) is 2.30. The number of carboxylic acid groups (broad SMARTS) is 1. The van der Waals surface area contributed by atoms with Crippen LogP contribution in [0.15, 0.2) is 0 Å². The Balaban J connectivity index is 2.29. The lowest BCUT2D eigenvalue weighted by molar-refractivity contribution is 0.0680. The fourth-order valence-electron chi connectivity index (χ4n) is 1.92. The first-order valence-electron chi connectivity index (χ1n) is 5.53. The van der Waals surface area contributed by atoms with Crippen LogP contribution < -0.4 is 0 Å². The van der Waals surface area contributed by atoms with Crippen LogP contribution in [0, 0.1) is 0 Å². The van der Waals surface area contributed by atoms with Gasteiger partial charge in [0, 0.05) is 24.0 Å².